The SMILES string of the molecule is O=C(O)C(=Cc1ccccc1)OCC1CCO1. The first-order chi connectivity index (χ1) is 8.25. The molecule has 1 fully saturated rings. The van der Waals surface area contributed by atoms with E-state index in [9.17, 15) is 4.79 Å². The zero-order valence-electron chi connectivity index (χ0n) is 9.33. The third kappa shape index (κ3) is 3.32. The Labute approximate surface area is 99.5 Å². The molecule has 0 radical (unpaired) electrons. The van der Waals surface area contributed by atoms with Gasteiger partial charge in [0.25, 0.3) is 0 Å². The first kappa shape index (κ1) is 11.7. The van der Waals surface area contributed by atoms with Gasteiger partial charge in [0.05, 0.1) is 6.10 Å². The molecule has 4 nitrogen and oxygen atoms in total. The summed E-state index contributed by atoms with van der Waals surface area (Å²) < 4.78 is 10.4. The molecule has 1 aromatic carbocycles. The van der Waals surface area contributed by atoms with E-state index in [4.69, 9.17) is 14.6 Å². The Morgan fingerprint density at radius 2 is 2.18 bits per heavy atom. The van der Waals surface area contributed by atoms with Gasteiger partial charge in [0, 0.05) is 13.0 Å². The van der Waals surface area contributed by atoms with Gasteiger partial charge in [-0.2, -0.15) is 0 Å². The largest absolute Gasteiger partial charge is 0.484 e. The average molecular weight is 234 g/mol. The second-order valence-corrected chi connectivity index (χ2v) is 3.82. The molecule has 1 heterocycles. The Balaban J connectivity index is 2.00. The molecule has 17 heavy (non-hydrogen) atoms. The highest BCUT2D eigenvalue weighted by atomic mass is 16.6. The van der Waals surface area contributed by atoms with Crippen LogP contribution in [0.1, 0.15) is 12.0 Å². The number of ether oxygens (including phenoxy) is 2. The van der Waals surface area contributed by atoms with Crippen molar-refractivity contribution in [2.45, 2.75) is 12.5 Å². The van der Waals surface area contributed by atoms with Crippen LogP contribution in [-0.2, 0) is 14.3 Å². The predicted molar refractivity (Wildman–Crippen MR) is 62.4 cm³/mol. The fourth-order valence-electron chi connectivity index (χ4n) is 1.46. The molecule has 1 aliphatic heterocycles. The number of carboxylic acids is 1. The summed E-state index contributed by atoms with van der Waals surface area (Å²) in [5, 5.41) is 9.00. The van der Waals surface area contributed by atoms with Crippen LogP contribution >= 0.6 is 0 Å². The van der Waals surface area contributed by atoms with Gasteiger partial charge in [-0.05, 0) is 11.6 Å². The molecule has 0 aromatic heterocycles. The molecule has 0 amide bonds. The topological polar surface area (TPSA) is 55.8 Å². The van der Waals surface area contributed by atoms with Crippen LogP contribution in [0.25, 0.3) is 6.08 Å². The lowest BCUT2D eigenvalue weighted by Crippen LogP contribution is -2.31. The van der Waals surface area contributed by atoms with Crippen LogP contribution in [-0.4, -0.2) is 30.4 Å². The van der Waals surface area contributed by atoms with Gasteiger partial charge in [0.2, 0.25) is 5.76 Å². The zero-order valence-corrected chi connectivity index (χ0v) is 9.33. The molecule has 0 aliphatic carbocycles. The number of hydrogen-bond donors (Lipinski definition) is 1. The van der Waals surface area contributed by atoms with Crippen molar-refractivity contribution in [2.24, 2.45) is 0 Å². The third-order valence-electron chi connectivity index (χ3n) is 2.53. The fraction of sp³-hybridized carbons (Fsp3) is 0.308. The molecule has 0 bridgehead atoms. The van der Waals surface area contributed by atoms with Gasteiger partial charge in [0.1, 0.15) is 6.61 Å². The van der Waals surface area contributed by atoms with Gasteiger partial charge < -0.3 is 14.6 Å². The van der Waals surface area contributed by atoms with Crippen LogP contribution in [0.4, 0.5) is 0 Å². The van der Waals surface area contributed by atoms with E-state index in [-0.39, 0.29) is 11.9 Å². The number of carbonyl (C=O) groups is 1. The minimum Gasteiger partial charge on any atom is -0.484 e. The van der Waals surface area contributed by atoms with Crippen LogP contribution in [0.5, 0.6) is 0 Å². The number of hydrogen-bond acceptors (Lipinski definition) is 3. The molecule has 0 spiro atoms. The van der Waals surface area contributed by atoms with E-state index < -0.39 is 5.97 Å². The number of aliphatic carboxylic acids is 1. The molecule has 1 saturated heterocycles. The van der Waals surface area contributed by atoms with Crippen molar-refractivity contribution in [2.75, 3.05) is 13.2 Å². The van der Waals surface area contributed by atoms with E-state index in [2.05, 4.69) is 0 Å². The predicted octanol–water partition coefficient (Wildman–Crippen LogP) is 1.92. The van der Waals surface area contributed by atoms with Gasteiger partial charge >= 0.3 is 5.97 Å². The number of benzene rings is 1. The summed E-state index contributed by atoms with van der Waals surface area (Å²) in [6, 6.07) is 9.22. The first-order valence-corrected chi connectivity index (χ1v) is 5.50. The van der Waals surface area contributed by atoms with Gasteiger partial charge in [0.15, 0.2) is 0 Å². The van der Waals surface area contributed by atoms with Gasteiger partial charge in [-0.1, -0.05) is 30.3 Å². The van der Waals surface area contributed by atoms with E-state index >= 15 is 0 Å². The summed E-state index contributed by atoms with van der Waals surface area (Å²) in [5.74, 6) is -1.11. The summed E-state index contributed by atoms with van der Waals surface area (Å²) in [4.78, 5) is 11.0. The molecule has 1 unspecified atom stereocenters. The summed E-state index contributed by atoms with van der Waals surface area (Å²) in [6.07, 6.45) is 2.48. The van der Waals surface area contributed by atoms with Crippen molar-refractivity contribution in [3.05, 3.63) is 41.7 Å². The van der Waals surface area contributed by atoms with Crippen molar-refractivity contribution < 1.29 is 19.4 Å². The van der Waals surface area contributed by atoms with E-state index in [1.807, 2.05) is 30.3 Å². The van der Waals surface area contributed by atoms with Crippen LogP contribution in [0, 0.1) is 0 Å². The molecule has 1 aliphatic rings. The molecule has 4 heteroatoms. The normalized spacial score (nSPS) is 19.5. The summed E-state index contributed by atoms with van der Waals surface area (Å²) in [5.41, 5.74) is 0.805. The van der Waals surface area contributed by atoms with Gasteiger partial charge in [-0.3, -0.25) is 0 Å². The highest BCUT2D eigenvalue weighted by Gasteiger charge is 2.20. The van der Waals surface area contributed by atoms with E-state index in [0.29, 0.717) is 6.61 Å². The molecule has 0 saturated carbocycles. The Kier molecular flexibility index (Phi) is 3.77. The zero-order chi connectivity index (χ0) is 12.1. The summed E-state index contributed by atoms with van der Waals surface area (Å²) >= 11 is 0. The van der Waals surface area contributed by atoms with Crippen LogP contribution < -0.4 is 0 Å². The number of carboxylic acid groups (broad SMARTS) is 1. The lowest BCUT2D eigenvalue weighted by atomic mass is 10.2. The van der Waals surface area contributed by atoms with Crippen LogP contribution in [0.3, 0.4) is 0 Å². The van der Waals surface area contributed by atoms with Gasteiger partial charge in [-0.25, -0.2) is 4.79 Å². The summed E-state index contributed by atoms with van der Waals surface area (Å²) in [6.45, 7) is 1.03. The molecule has 2 rings (SSSR count). The minimum atomic E-state index is -1.06. The molecule has 1 aromatic rings. The molecular weight excluding hydrogens is 220 g/mol. The first-order valence-electron chi connectivity index (χ1n) is 5.50. The third-order valence-corrected chi connectivity index (χ3v) is 2.53. The monoisotopic (exact) mass is 234 g/mol. The maximum Gasteiger partial charge on any atom is 0.371 e. The smallest absolute Gasteiger partial charge is 0.371 e. The van der Waals surface area contributed by atoms with Crippen molar-refractivity contribution >= 4 is 12.0 Å². The Bertz CT molecular complexity index is 407. The highest BCUT2D eigenvalue weighted by molar-refractivity contribution is 5.89. The lowest BCUT2D eigenvalue weighted by Gasteiger charge is -2.26. The van der Waals surface area contributed by atoms with E-state index in [0.717, 1.165) is 18.6 Å². The maximum absolute atomic E-state index is 11.0. The minimum absolute atomic E-state index is 0.0357. The van der Waals surface area contributed by atoms with Gasteiger partial charge in [-0.15, -0.1) is 0 Å². The summed E-state index contributed by atoms with van der Waals surface area (Å²) in [7, 11) is 0. The van der Waals surface area contributed by atoms with Crippen LogP contribution in [0.2, 0.25) is 0 Å². The molecule has 1 atom stereocenters. The van der Waals surface area contributed by atoms with Crippen molar-refractivity contribution in [3.8, 4) is 0 Å². The lowest BCUT2D eigenvalue weighted by molar-refractivity contribution is -0.139. The van der Waals surface area contributed by atoms with Crippen molar-refractivity contribution in [1.29, 1.82) is 0 Å². The van der Waals surface area contributed by atoms with E-state index in [1.165, 1.54) is 6.08 Å². The number of rotatable bonds is 5. The Morgan fingerprint density at radius 1 is 1.47 bits per heavy atom. The Morgan fingerprint density at radius 3 is 2.71 bits per heavy atom. The quantitative estimate of drug-likeness (QED) is 0.624. The van der Waals surface area contributed by atoms with Crippen molar-refractivity contribution in [3.63, 3.8) is 0 Å². The van der Waals surface area contributed by atoms with E-state index in [1.54, 1.807) is 0 Å². The molecular formula is C13H14O4. The van der Waals surface area contributed by atoms with Crippen molar-refractivity contribution in [1.82, 2.24) is 0 Å². The highest BCUT2D eigenvalue weighted by Crippen LogP contribution is 2.14. The second kappa shape index (κ2) is 5.50. The molecule has 1 N–H and O–H groups in total. The molecule has 90 valence electrons. The Hall–Kier alpha value is -1.81. The maximum atomic E-state index is 11.0. The average Bonchev–Trinajstić information content (AvgIpc) is 2.26. The fourth-order valence-corrected chi connectivity index (χ4v) is 1.46. The standard InChI is InChI=1S/C13H14O4/c14-13(15)12(17-9-11-6-7-16-11)8-10-4-2-1-3-5-10/h1-5,8,11H,6-7,9H2,(H,14,15). The second-order valence-electron chi connectivity index (χ2n) is 3.82. The van der Waals surface area contributed by atoms with Crippen LogP contribution in [0.15, 0.2) is 36.1 Å².